The van der Waals surface area contributed by atoms with Gasteiger partial charge in [-0.3, -0.25) is 9.88 Å². The number of benzene rings is 1. The largest absolute Gasteiger partial charge is 0.493 e. The Morgan fingerprint density at radius 1 is 1.21 bits per heavy atom. The molecule has 2 aromatic rings. The summed E-state index contributed by atoms with van der Waals surface area (Å²) in [6.07, 6.45) is 3.72. The van der Waals surface area contributed by atoms with E-state index < -0.39 is 5.60 Å². The molecule has 0 unspecified atom stereocenters. The van der Waals surface area contributed by atoms with Crippen molar-refractivity contribution in [1.29, 1.82) is 0 Å². The van der Waals surface area contributed by atoms with E-state index in [1.54, 1.807) is 7.11 Å². The van der Waals surface area contributed by atoms with Crippen LogP contribution >= 0.6 is 0 Å². The van der Waals surface area contributed by atoms with Gasteiger partial charge in [-0.15, -0.1) is 0 Å². The Hall–Kier alpha value is -2.11. The summed E-state index contributed by atoms with van der Waals surface area (Å²) in [4.78, 5) is 7.00. The van der Waals surface area contributed by atoms with Crippen molar-refractivity contribution in [3.63, 3.8) is 0 Å². The number of methoxy groups -OCH3 is 1. The number of fused-ring (bicyclic) bond motifs is 1. The summed E-state index contributed by atoms with van der Waals surface area (Å²) in [5.41, 5.74) is 2.36. The molecule has 0 radical (unpaired) electrons. The topological polar surface area (TPSA) is 54.8 Å². The lowest BCUT2D eigenvalue weighted by molar-refractivity contribution is -0.0108. The number of likely N-dealkylation sites (tertiary alicyclic amines) is 1. The average Bonchev–Trinajstić information content (AvgIpc) is 3.24. The molecule has 1 aromatic heterocycles. The minimum absolute atomic E-state index is 0.243. The molecular formula is C23H30N2O3. The Bertz CT molecular complexity index is 823. The monoisotopic (exact) mass is 382 g/mol. The zero-order chi connectivity index (χ0) is 19.7. The van der Waals surface area contributed by atoms with Gasteiger partial charge in [0.05, 0.1) is 19.4 Å². The lowest BCUT2D eigenvalue weighted by Gasteiger charge is -2.30. The van der Waals surface area contributed by atoms with Gasteiger partial charge in [-0.2, -0.15) is 0 Å². The summed E-state index contributed by atoms with van der Waals surface area (Å²) >= 11 is 0. The van der Waals surface area contributed by atoms with Gasteiger partial charge < -0.3 is 14.6 Å². The van der Waals surface area contributed by atoms with E-state index in [0.717, 1.165) is 55.2 Å². The van der Waals surface area contributed by atoms with Gasteiger partial charge in [0.25, 0.3) is 0 Å². The quantitative estimate of drug-likeness (QED) is 0.828. The predicted molar refractivity (Wildman–Crippen MR) is 109 cm³/mol. The standard InChI is InChI=1S/C23H30N2O3/c1-4-28-20-7-6-17(11-21(20)27-3)13-25-14-18-9-10-23(26,19(18)15-25)22-8-5-16(2)12-24-22/h5-8,11-12,18-19,26H,4,9-10,13-15H2,1-3H3/t18-,19+,23-/m0/s1. The minimum atomic E-state index is -0.802. The number of hydrogen-bond acceptors (Lipinski definition) is 5. The van der Waals surface area contributed by atoms with Gasteiger partial charge in [-0.05, 0) is 61.9 Å². The van der Waals surface area contributed by atoms with Crippen LogP contribution in [0.5, 0.6) is 11.5 Å². The summed E-state index contributed by atoms with van der Waals surface area (Å²) in [5, 5.41) is 11.5. The molecule has 1 saturated heterocycles. The number of aromatic nitrogens is 1. The van der Waals surface area contributed by atoms with E-state index in [1.165, 1.54) is 5.56 Å². The Morgan fingerprint density at radius 3 is 2.79 bits per heavy atom. The van der Waals surface area contributed by atoms with Crippen LogP contribution < -0.4 is 9.47 Å². The van der Waals surface area contributed by atoms with Crippen molar-refractivity contribution in [2.75, 3.05) is 26.8 Å². The van der Waals surface area contributed by atoms with Crippen molar-refractivity contribution in [2.24, 2.45) is 11.8 Å². The smallest absolute Gasteiger partial charge is 0.161 e. The molecule has 3 atom stereocenters. The molecule has 2 heterocycles. The van der Waals surface area contributed by atoms with Crippen LogP contribution in [-0.2, 0) is 12.1 Å². The van der Waals surface area contributed by atoms with Crippen LogP contribution in [0.3, 0.4) is 0 Å². The average molecular weight is 383 g/mol. The van der Waals surface area contributed by atoms with Gasteiger partial charge >= 0.3 is 0 Å². The van der Waals surface area contributed by atoms with Crippen LogP contribution in [-0.4, -0.2) is 41.8 Å². The first-order valence-corrected chi connectivity index (χ1v) is 10.2. The second kappa shape index (κ2) is 7.72. The molecule has 1 saturated carbocycles. The van der Waals surface area contributed by atoms with Crippen LogP contribution in [0.4, 0.5) is 0 Å². The molecule has 0 amide bonds. The van der Waals surface area contributed by atoms with Gasteiger partial charge in [0.2, 0.25) is 0 Å². The number of ether oxygens (including phenoxy) is 2. The number of rotatable bonds is 6. The molecular weight excluding hydrogens is 352 g/mol. The molecule has 1 N–H and O–H groups in total. The fraction of sp³-hybridized carbons (Fsp3) is 0.522. The van der Waals surface area contributed by atoms with Gasteiger partial charge in [-0.1, -0.05) is 12.1 Å². The van der Waals surface area contributed by atoms with Crippen LogP contribution in [0, 0.1) is 18.8 Å². The molecule has 2 aliphatic rings. The Morgan fingerprint density at radius 2 is 2.07 bits per heavy atom. The van der Waals surface area contributed by atoms with Crippen molar-refractivity contribution in [3.05, 3.63) is 53.3 Å². The molecule has 4 rings (SSSR count). The Balaban J connectivity index is 1.48. The summed E-state index contributed by atoms with van der Waals surface area (Å²) in [7, 11) is 1.68. The van der Waals surface area contributed by atoms with E-state index in [9.17, 15) is 5.11 Å². The molecule has 5 heteroatoms. The zero-order valence-corrected chi connectivity index (χ0v) is 17.0. The van der Waals surface area contributed by atoms with E-state index >= 15 is 0 Å². The molecule has 1 aliphatic heterocycles. The van der Waals surface area contributed by atoms with E-state index in [0.29, 0.717) is 12.5 Å². The number of hydrogen-bond donors (Lipinski definition) is 1. The maximum Gasteiger partial charge on any atom is 0.161 e. The van der Waals surface area contributed by atoms with Crippen molar-refractivity contribution in [2.45, 2.75) is 38.8 Å². The molecule has 0 spiro atoms. The van der Waals surface area contributed by atoms with E-state index in [4.69, 9.17) is 9.47 Å². The lowest BCUT2D eigenvalue weighted by atomic mass is 9.85. The summed E-state index contributed by atoms with van der Waals surface area (Å²) in [6, 6.07) is 10.2. The number of nitrogens with zero attached hydrogens (tertiary/aromatic N) is 2. The molecule has 28 heavy (non-hydrogen) atoms. The summed E-state index contributed by atoms with van der Waals surface area (Å²) in [5.74, 6) is 2.33. The maximum atomic E-state index is 11.5. The zero-order valence-electron chi connectivity index (χ0n) is 17.0. The molecule has 2 fully saturated rings. The van der Waals surface area contributed by atoms with Gasteiger partial charge in [0.1, 0.15) is 5.60 Å². The first kappa shape index (κ1) is 19.2. The second-order valence-electron chi connectivity index (χ2n) is 8.16. The van der Waals surface area contributed by atoms with Gasteiger partial charge in [0.15, 0.2) is 11.5 Å². The lowest BCUT2D eigenvalue weighted by Crippen LogP contribution is -2.35. The van der Waals surface area contributed by atoms with Crippen LogP contribution in [0.1, 0.15) is 36.6 Å². The minimum Gasteiger partial charge on any atom is -0.493 e. The normalized spacial score (nSPS) is 27.0. The Kier molecular flexibility index (Phi) is 5.30. The fourth-order valence-corrected chi connectivity index (χ4v) is 4.90. The highest BCUT2D eigenvalue weighted by atomic mass is 16.5. The van der Waals surface area contributed by atoms with Crippen LogP contribution in [0.2, 0.25) is 0 Å². The number of pyridine rings is 1. The van der Waals surface area contributed by atoms with Crippen molar-refractivity contribution >= 4 is 0 Å². The summed E-state index contributed by atoms with van der Waals surface area (Å²) < 4.78 is 11.1. The fourth-order valence-electron chi connectivity index (χ4n) is 4.90. The molecule has 1 aliphatic carbocycles. The first-order valence-electron chi connectivity index (χ1n) is 10.2. The number of aryl methyl sites for hydroxylation is 1. The highest BCUT2D eigenvalue weighted by Crippen LogP contribution is 2.50. The highest BCUT2D eigenvalue weighted by molar-refractivity contribution is 5.43. The van der Waals surface area contributed by atoms with E-state index in [-0.39, 0.29) is 5.92 Å². The van der Waals surface area contributed by atoms with Gasteiger partial charge in [-0.25, -0.2) is 0 Å². The van der Waals surface area contributed by atoms with Crippen LogP contribution in [0.15, 0.2) is 36.5 Å². The summed E-state index contributed by atoms with van der Waals surface area (Å²) in [6.45, 7) is 7.39. The Labute approximate surface area is 167 Å². The SMILES string of the molecule is CCOc1ccc(CN2C[C@@H]3CC[C@@](O)(c4ccc(C)cn4)[C@@H]3C2)cc1OC. The first-order chi connectivity index (χ1) is 13.5. The van der Waals surface area contributed by atoms with Crippen LogP contribution in [0.25, 0.3) is 0 Å². The number of aliphatic hydroxyl groups is 1. The van der Waals surface area contributed by atoms with E-state index in [2.05, 4.69) is 22.0 Å². The molecule has 0 bridgehead atoms. The van der Waals surface area contributed by atoms with Crippen molar-refractivity contribution in [1.82, 2.24) is 9.88 Å². The third kappa shape index (κ3) is 3.49. The molecule has 1 aromatic carbocycles. The highest BCUT2D eigenvalue weighted by Gasteiger charge is 2.53. The van der Waals surface area contributed by atoms with Crippen molar-refractivity contribution in [3.8, 4) is 11.5 Å². The van der Waals surface area contributed by atoms with E-state index in [1.807, 2.05) is 38.2 Å². The second-order valence-corrected chi connectivity index (χ2v) is 8.16. The van der Waals surface area contributed by atoms with Gasteiger partial charge in [0, 0.05) is 31.7 Å². The van der Waals surface area contributed by atoms with Crippen molar-refractivity contribution < 1.29 is 14.6 Å². The third-order valence-electron chi connectivity index (χ3n) is 6.32. The molecule has 150 valence electrons. The molecule has 5 nitrogen and oxygen atoms in total. The maximum absolute atomic E-state index is 11.5. The predicted octanol–water partition coefficient (Wildman–Crippen LogP) is 3.53. The third-order valence-corrected chi connectivity index (χ3v) is 6.32.